The lowest BCUT2D eigenvalue weighted by molar-refractivity contribution is 0.463. The fourth-order valence-electron chi connectivity index (χ4n) is 2.34. The average molecular weight is 286 g/mol. The van der Waals surface area contributed by atoms with E-state index >= 15 is 0 Å². The predicted octanol–water partition coefficient (Wildman–Crippen LogP) is 4.97. The Morgan fingerprint density at radius 3 is 2.63 bits per heavy atom. The lowest BCUT2D eigenvalue weighted by Gasteiger charge is -2.18. The summed E-state index contributed by atoms with van der Waals surface area (Å²) in [6.45, 7) is 5.29. The molecule has 0 saturated carbocycles. The van der Waals surface area contributed by atoms with Crippen LogP contribution >= 0.6 is 11.6 Å². The molecule has 0 aliphatic carbocycles. The number of rotatable bonds is 9. The molecule has 0 aromatic heterocycles. The number of nitrogens with one attached hydrogen (secondary N) is 1. The summed E-state index contributed by atoms with van der Waals surface area (Å²) in [6.07, 6.45) is 7.12. The molecule has 1 aromatic rings. The second-order valence-electron chi connectivity index (χ2n) is 5.04. The third kappa shape index (κ3) is 6.40. The van der Waals surface area contributed by atoms with Gasteiger partial charge >= 0.3 is 0 Å². The van der Waals surface area contributed by atoms with Crippen LogP contribution in [0.2, 0.25) is 5.02 Å². The van der Waals surface area contributed by atoms with Crippen molar-refractivity contribution in [2.75, 3.05) is 6.54 Å². The van der Waals surface area contributed by atoms with E-state index in [9.17, 15) is 4.39 Å². The van der Waals surface area contributed by atoms with Gasteiger partial charge in [-0.15, -0.1) is 0 Å². The Hall–Kier alpha value is -0.600. The van der Waals surface area contributed by atoms with Crippen molar-refractivity contribution >= 4 is 11.6 Å². The normalized spacial score (nSPS) is 12.6. The van der Waals surface area contributed by atoms with Crippen molar-refractivity contribution in [2.45, 2.75) is 58.4 Å². The molecule has 1 aromatic carbocycles. The Morgan fingerprint density at radius 1 is 1.21 bits per heavy atom. The summed E-state index contributed by atoms with van der Waals surface area (Å²) >= 11 is 6.09. The molecule has 0 radical (unpaired) electrons. The zero-order valence-corrected chi connectivity index (χ0v) is 12.8. The first kappa shape index (κ1) is 16.5. The summed E-state index contributed by atoms with van der Waals surface area (Å²) in [5, 5.41) is 4.04. The summed E-state index contributed by atoms with van der Waals surface area (Å²) in [6, 6.07) is 5.12. The number of halogens is 2. The first-order valence-electron chi connectivity index (χ1n) is 7.34. The minimum atomic E-state index is -0.267. The maximum absolute atomic E-state index is 13.0. The number of hydrogen-bond donors (Lipinski definition) is 1. The van der Waals surface area contributed by atoms with E-state index in [0.29, 0.717) is 11.1 Å². The third-order valence-corrected chi connectivity index (χ3v) is 3.73. The van der Waals surface area contributed by atoms with Crippen LogP contribution in [0.4, 0.5) is 4.39 Å². The van der Waals surface area contributed by atoms with Crippen LogP contribution in [0, 0.1) is 5.82 Å². The van der Waals surface area contributed by atoms with E-state index in [1.54, 1.807) is 6.07 Å². The van der Waals surface area contributed by atoms with Gasteiger partial charge in [-0.05, 0) is 37.1 Å². The Morgan fingerprint density at radius 2 is 2.00 bits per heavy atom. The molecule has 3 heteroatoms. The summed E-state index contributed by atoms with van der Waals surface area (Å²) in [4.78, 5) is 0. The minimum absolute atomic E-state index is 0.267. The van der Waals surface area contributed by atoms with Crippen LogP contribution in [-0.4, -0.2) is 12.6 Å². The molecule has 0 fully saturated rings. The maximum atomic E-state index is 13.0. The molecule has 1 unspecified atom stereocenters. The maximum Gasteiger partial charge on any atom is 0.124 e. The molecule has 0 bridgehead atoms. The molecule has 1 rings (SSSR count). The summed E-state index contributed by atoms with van der Waals surface area (Å²) in [5.41, 5.74) is 1.03. The van der Waals surface area contributed by atoms with Gasteiger partial charge in [-0.3, -0.25) is 0 Å². The summed E-state index contributed by atoms with van der Waals surface area (Å²) in [5.74, 6) is -0.267. The van der Waals surface area contributed by atoms with Gasteiger partial charge in [-0.25, -0.2) is 4.39 Å². The largest absolute Gasteiger partial charge is 0.314 e. The fraction of sp³-hybridized carbons (Fsp3) is 0.625. The molecule has 0 aliphatic heterocycles. The quantitative estimate of drug-likeness (QED) is 0.632. The molecule has 0 heterocycles. The molecule has 0 saturated heterocycles. The van der Waals surface area contributed by atoms with Crippen LogP contribution < -0.4 is 5.32 Å². The van der Waals surface area contributed by atoms with E-state index in [4.69, 9.17) is 11.6 Å². The van der Waals surface area contributed by atoms with E-state index in [0.717, 1.165) is 24.9 Å². The van der Waals surface area contributed by atoms with Gasteiger partial charge in [0.2, 0.25) is 0 Å². The van der Waals surface area contributed by atoms with Crippen LogP contribution in [0.1, 0.15) is 51.5 Å². The molecule has 19 heavy (non-hydrogen) atoms. The van der Waals surface area contributed by atoms with Gasteiger partial charge in [0.15, 0.2) is 0 Å². The van der Waals surface area contributed by atoms with Crippen molar-refractivity contribution in [2.24, 2.45) is 0 Å². The van der Waals surface area contributed by atoms with Gasteiger partial charge in [-0.1, -0.05) is 57.2 Å². The topological polar surface area (TPSA) is 12.0 Å². The molecule has 1 N–H and O–H groups in total. The Bertz CT molecular complexity index is 368. The standard InChI is InChI=1S/C16H25ClFN/c1-3-5-6-7-8-15(19-4-2)11-13-9-10-14(18)12-16(13)17/h9-10,12,15,19H,3-8,11H2,1-2H3. The highest BCUT2D eigenvalue weighted by Crippen LogP contribution is 2.20. The van der Waals surface area contributed by atoms with Gasteiger partial charge in [0.1, 0.15) is 5.82 Å². The van der Waals surface area contributed by atoms with E-state index in [1.807, 2.05) is 0 Å². The van der Waals surface area contributed by atoms with Gasteiger partial charge < -0.3 is 5.32 Å². The van der Waals surface area contributed by atoms with Crippen molar-refractivity contribution < 1.29 is 4.39 Å². The Kier molecular flexibility index (Phi) is 8.08. The van der Waals surface area contributed by atoms with E-state index < -0.39 is 0 Å². The second kappa shape index (κ2) is 9.33. The lowest BCUT2D eigenvalue weighted by Crippen LogP contribution is -2.31. The van der Waals surface area contributed by atoms with Crippen molar-refractivity contribution in [3.63, 3.8) is 0 Å². The Balaban J connectivity index is 2.51. The van der Waals surface area contributed by atoms with E-state index in [-0.39, 0.29) is 5.82 Å². The lowest BCUT2D eigenvalue weighted by atomic mass is 10.00. The third-order valence-electron chi connectivity index (χ3n) is 3.38. The highest BCUT2D eigenvalue weighted by atomic mass is 35.5. The van der Waals surface area contributed by atoms with Crippen LogP contribution in [0.25, 0.3) is 0 Å². The molecule has 0 aliphatic rings. The van der Waals surface area contributed by atoms with Gasteiger partial charge in [0.05, 0.1) is 0 Å². The van der Waals surface area contributed by atoms with Gasteiger partial charge in [0.25, 0.3) is 0 Å². The van der Waals surface area contributed by atoms with Crippen LogP contribution in [0.5, 0.6) is 0 Å². The smallest absolute Gasteiger partial charge is 0.124 e. The predicted molar refractivity (Wildman–Crippen MR) is 81.3 cm³/mol. The second-order valence-corrected chi connectivity index (χ2v) is 5.45. The first-order chi connectivity index (χ1) is 9.17. The van der Waals surface area contributed by atoms with Crippen molar-refractivity contribution in [1.29, 1.82) is 0 Å². The SMILES string of the molecule is CCCCCCC(Cc1ccc(F)cc1Cl)NCC. The van der Waals surface area contributed by atoms with E-state index in [2.05, 4.69) is 19.2 Å². The van der Waals surface area contributed by atoms with Crippen LogP contribution in [0.15, 0.2) is 18.2 Å². The first-order valence-corrected chi connectivity index (χ1v) is 7.72. The van der Waals surface area contributed by atoms with Crippen LogP contribution in [0.3, 0.4) is 0 Å². The number of hydrogen-bond acceptors (Lipinski definition) is 1. The molecule has 108 valence electrons. The van der Waals surface area contributed by atoms with Crippen LogP contribution in [-0.2, 0) is 6.42 Å². The number of likely N-dealkylation sites (N-methyl/N-ethyl adjacent to an activating group) is 1. The van der Waals surface area contributed by atoms with E-state index in [1.165, 1.54) is 37.8 Å². The minimum Gasteiger partial charge on any atom is -0.314 e. The summed E-state index contributed by atoms with van der Waals surface area (Å²) < 4.78 is 13.0. The molecule has 1 nitrogen and oxygen atoms in total. The zero-order chi connectivity index (χ0) is 14.1. The highest BCUT2D eigenvalue weighted by Gasteiger charge is 2.11. The molecular formula is C16H25ClFN. The monoisotopic (exact) mass is 285 g/mol. The molecule has 0 amide bonds. The molecular weight excluding hydrogens is 261 g/mol. The zero-order valence-electron chi connectivity index (χ0n) is 12.0. The van der Waals surface area contributed by atoms with Crippen molar-refractivity contribution in [3.8, 4) is 0 Å². The highest BCUT2D eigenvalue weighted by molar-refractivity contribution is 6.31. The van der Waals surface area contributed by atoms with Crippen molar-refractivity contribution in [1.82, 2.24) is 5.32 Å². The molecule has 0 spiro atoms. The van der Waals surface area contributed by atoms with Gasteiger partial charge in [-0.2, -0.15) is 0 Å². The van der Waals surface area contributed by atoms with Crippen molar-refractivity contribution in [3.05, 3.63) is 34.6 Å². The number of benzene rings is 1. The Labute approximate surface area is 121 Å². The molecule has 1 atom stereocenters. The fourth-order valence-corrected chi connectivity index (χ4v) is 2.58. The summed E-state index contributed by atoms with van der Waals surface area (Å²) in [7, 11) is 0. The average Bonchev–Trinajstić information content (AvgIpc) is 2.38. The number of unbranched alkanes of at least 4 members (excludes halogenated alkanes) is 3. The van der Waals surface area contributed by atoms with Gasteiger partial charge in [0, 0.05) is 11.1 Å².